The molecule has 3 heteroatoms. The van der Waals surface area contributed by atoms with Crippen molar-refractivity contribution in [3.63, 3.8) is 0 Å². The SMILES string of the molecule is O=C(O)[C@@H]1CCCCCC[C@@H]1O. The van der Waals surface area contributed by atoms with Crippen molar-refractivity contribution in [1.82, 2.24) is 0 Å². The van der Waals surface area contributed by atoms with Crippen LogP contribution >= 0.6 is 0 Å². The third-order valence-electron chi connectivity index (χ3n) is 2.55. The molecule has 0 spiro atoms. The quantitative estimate of drug-likeness (QED) is 0.628. The molecule has 0 unspecified atom stereocenters. The highest BCUT2D eigenvalue weighted by molar-refractivity contribution is 5.70. The second-order valence-corrected chi connectivity index (χ2v) is 3.50. The van der Waals surface area contributed by atoms with E-state index in [0.717, 1.165) is 25.7 Å². The lowest BCUT2D eigenvalue weighted by molar-refractivity contribution is -0.146. The highest BCUT2D eigenvalue weighted by atomic mass is 16.4. The summed E-state index contributed by atoms with van der Waals surface area (Å²) < 4.78 is 0. The minimum atomic E-state index is -0.843. The predicted molar refractivity (Wildman–Crippen MR) is 44.8 cm³/mol. The molecule has 1 saturated carbocycles. The van der Waals surface area contributed by atoms with E-state index in [0.29, 0.717) is 12.8 Å². The second-order valence-electron chi connectivity index (χ2n) is 3.50. The molecular formula is C9H16O3. The van der Waals surface area contributed by atoms with Crippen LogP contribution in [0.1, 0.15) is 38.5 Å². The van der Waals surface area contributed by atoms with Gasteiger partial charge in [-0.3, -0.25) is 4.79 Å². The van der Waals surface area contributed by atoms with E-state index < -0.39 is 18.0 Å². The summed E-state index contributed by atoms with van der Waals surface area (Å²) in [5.74, 6) is -1.37. The maximum Gasteiger partial charge on any atom is 0.309 e. The third-order valence-corrected chi connectivity index (χ3v) is 2.55. The molecule has 2 atom stereocenters. The van der Waals surface area contributed by atoms with Gasteiger partial charge in [-0.1, -0.05) is 25.7 Å². The van der Waals surface area contributed by atoms with Crippen LogP contribution in [0, 0.1) is 5.92 Å². The van der Waals surface area contributed by atoms with Gasteiger partial charge in [-0.2, -0.15) is 0 Å². The van der Waals surface area contributed by atoms with Crippen LogP contribution in [0.2, 0.25) is 0 Å². The lowest BCUT2D eigenvalue weighted by Crippen LogP contribution is -2.29. The molecule has 0 radical (unpaired) electrons. The van der Waals surface area contributed by atoms with E-state index in [2.05, 4.69) is 0 Å². The monoisotopic (exact) mass is 172 g/mol. The molecule has 0 aliphatic heterocycles. The molecule has 0 bridgehead atoms. The smallest absolute Gasteiger partial charge is 0.309 e. The first-order valence-corrected chi connectivity index (χ1v) is 4.62. The van der Waals surface area contributed by atoms with Crippen molar-refractivity contribution in [2.24, 2.45) is 5.92 Å². The summed E-state index contributed by atoms with van der Waals surface area (Å²) in [5.41, 5.74) is 0. The van der Waals surface area contributed by atoms with Crippen molar-refractivity contribution in [2.45, 2.75) is 44.6 Å². The van der Waals surface area contributed by atoms with E-state index in [1.807, 2.05) is 0 Å². The summed E-state index contributed by atoms with van der Waals surface area (Å²) in [6.45, 7) is 0. The molecule has 1 aliphatic rings. The molecule has 3 nitrogen and oxygen atoms in total. The summed E-state index contributed by atoms with van der Waals surface area (Å²) >= 11 is 0. The molecule has 0 amide bonds. The fraction of sp³-hybridized carbons (Fsp3) is 0.889. The summed E-state index contributed by atoms with van der Waals surface area (Å²) in [5, 5.41) is 18.2. The van der Waals surface area contributed by atoms with E-state index in [-0.39, 0.29) is 0 Å². The van der Waals surface area contributed by atoms with Crippen molar-refractivity contribution in [1.29, 1.82) is 0 Å². The van der Waals surface area contributed by atoms with Gasteiger partial charge in [0.05, 0.1) is 12.0 Å². The Morgan fingerprint density at radius 2 is 1.67 bits per heavy atom. The summed E-state index contributed by atoms with van der Waals surface area (Å²) in [7, 11) is 0. The molecule has 0 aromatic heterocycles. The molecule has 0 saturated heterocycles. The second kappa shape index (κ2) is 4.45. The topological polar surface area (TPSA) is 57.5 Å². The van der Waals surface area contributed by atoms with Crippen LogP contribution in [0.3, 0.4) is 0 Å². The average Bonchev–Trinajstić information content (AvgIpc) is 1.96. The van der Waals surface area contributed by atoms with Crippen LogP contribution in [0.15, 0.2) is 0 Å². The summed E-state index contributed by atoms with van der Waals surface area (Å²) in [4.78, 5) is 10.7. The number of hydrogen-bond acceptors (Lipinski definition) is 2. The molecule has 0 heterocycles. The van der Waals surface area contributed by atoms with Crippen LogP contribution in [-0.2, 0) is 4.79 Å². The van der Waals surface area contributed by atoms with Gasteiger partial charge in [0.25, 0.3) is 0 Å². The Bertz CT molecular complexity index is 156. The first kappa shape index (κ1) is 9.52. The van der Waals surface area contributed by atoms with Gasteiger partial charge < -0.3 is 10.2 Å². The van der Waals surface area contributed by atoms with Crippen LogP contribution < -0.4 is 0 Å². The highest BCUT2D eigenvalue weighted by Crippen LogP contribution is 2.22. The predicted octanol–water partition coefficient (Wildman–Crippen LogP) is 1.40. The van der Waals surface area contributed by atoms with Crippen molar-refractivity contribution < 1.29 is 15.0 Å². The summed E-state index contributed by atoms with van der Waals surface area (Å²) in [6, 6.07) is 0. The van der Waals surface area contributed by atoms with Gasteiger partial charge in [-0.25, -0.2) is 0 Å². The largest absolute Gasteiger partial charge is 0.481 e. The van der Waals surface area contributed by atoms with E-state index >= 15 is 0 Å². The molecule has 70 valence electrons. The molecule has 0 aromatic carbocycles. The Morgan fingerprint density at radius 1 is 1.08 bits per heavy atom. The lowest BCUT2D eigenvalue weighted by atomic mass is 9.89. The molecule has 1 aliphatic carbocycles. The molecule has 0 aromatic rings. The standard InChI is InChI=1S/C9H16O3/c10-8-6-4-2-1-3-5-7(8)9(11)12/h7-8,10H,1-6H2,(H,11,12)/t7-,8+/m1/s1. The molecule has 1 rings (SSSR count). The lowest BCUT2D eigenvalue weighted by Gasteiger charge is -2.21. The van der Waals surface area contributed by atoms with Gasteiger partial charge in [0.2, 0.25) is 0 Å². The average molecular weight is 172 g/mol. The number of aliphatic carboxylic acids is 1. The Hall–Kier alpha value is -0.570. The third kappa shape index (κ3) is 2.48. The van der Waals surface area contributed by atoms with Crippen LogP contribution in [0.25, 0.3) is 0 Å². The number of hydrogen-bond donors (Lipinski definition) is 2. The van der Waals surface area contributed by atoms with Gasteiger partial charge in [0, 0.05) is 0 Å². The fourth-order valence-electron chi connectivity index (χ4n) is 1.75. The zero-order valence-electron chi connectivity index (χ0n) is 7.20. The zero-order valence-corrected chi connectivity index (χ0v) is 7.20. The number of carboxylic acids is 1. The van der Waals surface area contributed by atoms with Crippen LogP contribution in [0.4, 0.5) is 0 Å². The normalized spacial score (nSPS) is 32.1. The van der Waals surface area contributed by atoms with Gasteiger partial charge in [0.1, 0.15) is 0 Å². The minimum Gasteiger partial charge on any atom is -0.481 e. The van der Waals surface area contributed by atoms with Crippen molar-refractivity contribution in [2.75, 3.05) is 0 Å². The molecule has 12 heavy (non-hydrogen) atoms. The van der Waals surface area contributed by atoms with E-state index in [1.54, 1.807) is 0 Å². The first-order valence-electron chi connectivity index (χ1n) is 4.62. The maximum atomic E-state index is 10.7. The van der Waals surface area contributed by atoms with Crippen molar-refractivity contribution in [3.05, 3.63) is 0 Å². The van der Waals surface area contributed by atoms with Crippen LogP contribution in [-0.4, -0.2) is 22.3 Å². The van der Waals surface area contributed by atoms with Crippen molar-refractivity contribution >= 4 is 5.97 Å². The molecule has 1 fully saturated rings. The number of aliphatic hydroxyl groups excluding tert-OH is 1. The highest BCUT2D eigenvalue weighted by Gasteiger charge is 2.26. The Morgan fingerprint density at radius 3 is 2.25 bits per heavy atom. The minimum absolute atomic E-state index is 0.523. The van der Waals surface area contributed by atoms with Gasteiger partial charge in [0.15, 0.2) is 0 Å². The number of rotatable bonds is 1. The Labute approximate surface area is 72.4 Å². The van der Waals surface area contributed by atoms with E-state index in [1.165, 1.54) is 0 Å². The number of carboxylic acid groups (broad SMARTS) is 1. The van der Waals surface area contributed by atoms with E-state index in [4.69, 9.17) is 5.11 Å². The van der Waals surface area contributed by atoms with Crippen LogP contribution in [0.5, 0.6) is 0 Å². The first-order chi connectivity index (χ1) is 5.72. The van der Waals surface area contributed by atoms with Gasteiger partial charge >= 0.3 is 5.97 Å². The van der Waals surface area contributed by atoms with Gasteiger partial charge in [-0.05, 0) is 12.8 Å². The van der Waals surface area contributed by atoms with Gasteiger partial charge in [-0.15, -0.1) is 0 Å². The molecular weight excluding hydrogens is 156 g/mol. The van der Waals surface area contributed by atoms with E-state index in [9.17, 15) is 9.90 Å². The number of aliphatic hydroxyl groups is 1. The Balaban J connectivity index is 2.48. The Kier molecular flexibility index (Phi) is 3.53. The number of carbonyl (C=O) groups is 1. The maximum absolute atomic E-state index is 10.7. The van der Waals surface area contributed by atoms with Crippen molar-refractivity contribution in [3.8, 4) is 0 Å². The fourth-order valence-corrected chi connectivity index (χ4v) is 1.75. The zero-order chi connectivity index (χ0) is 8.97. The summed E-state index contributed by atoms with van der Waals surface area (Å²) in [6.07, 6.45) is 4.80. The molecule has 2 N–H and O–H groups in total.